The minimum atomic E-state index is -0.937. The third-order valence-corrected chi connectivity index (χ3v) is 5.99. The smallest absolute Gasteiger partial charge is 0.329 e. The van der Waals surface area contributed by atoms with Gasteiger partial charge < -0.3 is 9.84 Å². The summed E-state index contributed by atoms with van der Waals surface area (Å²) in [5.74, 6) is -0.200. The van der Waals surface area contributed by atoms with E-state index in [1.807, 2.05) is 42.5 Å². The van der Waals surface area contributed by atoms with Crippen LogP contribution in [0.3, 0.4) is 0 Å². The van der Waals surface area contributed by atoms with E-state index in [0.717, 1.165) is 48.1 Å². The molecular weight excluding hydrogens is 406 g/mol. The Morgan fingerprint density at radius 2 is 1.75 bits per heavy atom. The van der Waals surface area contributed by atoms with Crippen LogP contribution < -0.4 is 5.56 Å². The lowest BCUT2D eigenvalue weighted by Crippen LogP contribution is -2.29. The average Bonchev–Trinajstić information content (AvgIpc) is 2.82. The van der Waals surface area contributed by atoms with Crippen LogP contribution in [-0.4, -0.2) is 39.1 Å². The van der Waals surface area contributed by atoms with Gasteiger partial charge in [-0.2, -0.15) is 5.10 Å². The summed E-state index contributed by atoms with van der Waals surface area (Å²) in [7, 11) is 0. The normalized spacial score (nSPS) is 18.4. The Balaban J connectivity index is 1.52. The topological polar surface area (TPSA) is 94.3 Å². The number of pyridine rings is 1. The fourth-order valence-electron chi connectivity index (χ4n) is 4.31. The van der Waals surface area contributed by atoms with E-state index in [1.54, 1.807) is 23.1 Å². The van der Waals surface area contributed by atoms with Crippen LogP contribution in [0.5, 0.6) is 0 Å². The number of aliphatic carboxylic acids is 1. The summed E-state index contributed by atoms with van der Waals surface area (Å²) >= 11 is 0. The van der Waals surface area contributed by atoms with E-state index in [4.69, 9.17) is 14.9 Å². The number of carbonyl (C=O) groups is 1. The Kier molecular flexibility index (Phi) is 7.07. The van der Waals surface area contributed by atoms with E-state index < -0.39 is 5.97 Å². The van der Waals surface area contributed by atoms with Gasteiger partial charge >= 0.3 is 5.97 Å². The average molecular weight is 434 g/mol. The zero-order chi connectivity index (χ0) is 22.3. The second-order valence-electron chi connectivity index (χ2n) is 8.33. The highest BCUT2D eigenvalue weighted by molar-refractivity contribution is 5.79. The lowest BCUT2D eigenvalue weighted by molar-refractivity contribution is -0.142. The van der Waals surface area contributed by atoms with Crippen LogP contribution in [0.2, 0.25) is 0 Å². The zero-order valence-electron chi connectivity index (χ0n) is 17.9. The Hall–Kier alpha value is -3.32. The lowest BCUT2D eigenvalue weighted by Gasteiger charge is -2.28. The molecule has 166 valence electrons. The molecule has 0 radical (unpaired) electrons. The minimum Gasteiger partial charge on any atom is -0.480 e. The molecule has 1 saturated carbocycles. The minimum absolute atomic E-state index is 0.108. The van der Waals surface area contributed by atoms with Crippen molar-refractivity contribution in [1.29, 1.82) is 0 Å². The first-order valence-electron chi connectivity index (χ1n) is 11.0. The number of aromatic nitrogens is 3. The first kappa shape index (κ1) is 21.9. The molecule has 0 aliphatic heterocycles. The number of benzene rings is 1. The molecule has 1 fully saturated rings. The molecule has 1 aromatic carbocycles. The summed E-state index contributed by atoms with van der Waals surface area (Å²) in [6, 6.07) is 15.3. The van der Waals surface area contributed by atoms with E-state index in [9.17, 15) is 9.59 Å². The highest BCUT2D eigenvalue weighted by Crippen LogP contribution is 2.31. The largest absolute Gasteiger partial charge is 0.480 e. The Bertz CT molecular complexity index is 1090. The Labute approximate surface area is 186 Å². The summed E-state index contributed by atoms with van der Waals surface area (Å²) in [5, 5.41) is 13.5. The number of ether oxygens (including phenoxy) is 1. The fourth-order valence-corrected chi connectivity index (χ4v) is 4.31. The van der Waals surface area contributed by atoms with Gasteiger partial charge in [0.2, 0.25) is 0 Å². The maximum Gasteiger partial charge on any atom is 0.329 e. The molecule has 1 aliphatic rings. The van der Waals surface area contributed by atoms with E-state index in [2.05, 4.69) is 4.98 Å². The SMILES string of the molecule is O=C(O)COC[C@H]1CC[C@@H](Cn2nc(-c3cccnc3)c(-c3ccccc3)cc2=O)CC1. The van der Waals surface area contributed by atoms with Gasteiger partial charge in [-0.3, -0.25) is 9.78 Å². The van der Waals surface area contributed by atoms with Crippen LogP contribution >= 0.6 is 0 Å². The highest BCUT2D eigenvalue weighted by atomic mass is 16.5. The molecule has 0 unspecified atom stereocenters. The van der Waals surface area contributed by atoms with E-state index >= 15 is 0 Å². The van der Waals surface area contributed by atoms with Crippen molar-refractivity contribution in [3.05, 3.63) is 71.3 Å². The molecule has 0 bridgehead atoms. The van der Waals surface area contributed by atoms with Gasteiger partial charge in [-0.05, 0) is 55.2 Å². The van der Waals surface area contributed by atoms with Gasteiger partial charge in [-0.25, -0.2) is 9.48 Å². The Morgan fingerprint density at radius 3 is 2.44 bits per heavy atom. The summed E-state index contributed by atoms with van der Waals surface area (Å²) in [6.45, 7) is 0.808. The molecule has 4 rings (SSSR count). The van der Waals surface area contributed by atoms with Crippen LogP contribution in [0, 0.1) is 11.8 Å². The van der Waals surface area contributed by atoms with Crippen molar-refractivity contribution in [1.82, 2.24) is 14.8 Å². The first-order chi connectivity index (χ1) is 15.6. The Morgan fingerprint density at radius 1 is 1.03 bits per heavy atom. The molecular formula is C25H27N3O4. The maximum atomic E-state index is 12.9. The van der Waals surface area contributed by atoms with Crippen molar-refractivity contribution < 1.29 is 14.6 Å². The standard InChI is InChI=1S/C25H27N3O4/c29-23-13-22(20-5-2-1-3-6-20)25(21-7-4-12-26-14-21)27-28(23)15-18-8-10-19(11-9-18)16-32-17-24(30)31/h1-7,12-14,18-19H,8-11,15-17H2,(H,30,31)/t18-,19+. The van der Waals surface area contributed by atoms with Crippen LogP contribution in [0.25, 0.3) is 22.4 Å². The third-order valence-electron chi connectivity index (χ3n) is 5.99. The zero-order valence-corrected chi connectivity index (χ0v) is 17.9. The molecule has 3 aromatic rings. The van der Waals surface area contributed by atoms with E-state index in [1.165, 1.54) is 0 Å². The molecule has 0 spiro atoms. The number of rotatable bonds is 8. The first-order valence-corrected chi connectivity index (χ1v) is 11.0. The van der Waals surface area contributed by atoms with Crippen LogP contribution in [0.4, 0.5) is 0 Å². The number of carboxylic acids is 1. The molecule has 1 aliphatic carbocycles. The monoisotopic (exact) mass is 433 g/mol. The third kappa shape index (κ3) is 5.48. The van der Waals surface area contributed by atoms with E-state index in [0.29, 0.717) is 25.0 Å². The van der Waals surface area contributed by atoms with Gasteiger partial charge in [-0.15, -0.1) is 0 Å². The van der Waals surface area contributed by atoms with Crippen LogP contribution in [0.15, 0.2) is 65.7 Å². The van der Waals surface area contributed by atoms with Crippen LogP contribution in [0.1, 0.15) is 25.7 Å². The molecule has 7 nitrogen and oxygen atoms in total. The van der Waals surface area contributed by atoms with Crippen molar-refractivity contribution in [2.24, 2.45) is 11.8 Å². The molecule has 32 heavy (non-hydrogen) atoms. The van der Waals surface area contributed by atoms with E-state index in [-0.39, 0.29) is 12.2 Å². The van der Waals surface area contributed by atoms with Gasteiger partial charge in [-0.1, -0.05) is 30.3 Å². The van der Waals surface area contributed by atoms with Gasteiger partial charge in [0.25, 0.3) is 5.56 Å². The maximum absolute atomic E-state index is 12.9. The molecule has 2 aromatic heterocycles. The molecule has 0 amide bonds. The van der Waals surface area contributed by atoms with Crippen molar-refractivity contribution >= 4 is 5.97 Å². The summed E-state index contributed by atoms with van der Waals surface area (Å²) in [4.78, 5) is 27.8. The summed E-state index contributed by atoms with van der Waals surface area (Å²) in [5.41, 5.74) is 3.27. The molecule has 1 N–H and O–H groups in total. The fraction of sp³-hybridized carbons (Fsp3) is 0.360. The van der Waals surface area contributed by atoms with Gasteiger partial charge in [0.15, 0.2) is 0 Å². The summed E-state index contributed by atoms with van der Waals surface area (Å²) in [6.07, 6.45) is 7.37. The van der Waals surface area contributed by atoms with Gasteiger partial charge in [0, 0.05) is 36.1 Å². The molecule has 7 heteroatoms. The van der Waals surface area contributed by atoms with Crippen LogP contribution in [-0.2, 0) is 16.1 Å². The quantitative estimate of drug-likeness (QED) is 0.579. The highest BCUT2D eigenvalue weighted by Gasteiger charge is 2.23. The number of nitrogens with zero attached hydrogens (tertiary/aromatic N) is 3. The second kappa shape index (κ2) is 10.3. The number of carboxylic acid groups (broad SMARTS) is 1. The predicted octanol–water partition coefficient (Wildman–Crippen LogP) is 3.88. The number of hydrogen-bond acceptors (Lipinski definition) is 5. The van der Waals surface area contributed by atoms with Gasteiger partial charge in [0.05, 0.1) is 6.61 Å². The molecule has 2 heterocycles. The predicted molar refractivity (Wildman–Crippen MR) is 121 cm³/mol. The van der Waals surface area contributed by atoms with Crippen molar-refractivity contribution in [3.8, 4) is 22.4 Å². The van der Waals surface area contributed by atoms with Gasteiger partial charge in [0.1, 0.15) is 12.3 Å². The van der Waals surface area contributed by atoms with Crippen molar-refractivity contribution in [3.63, 3.8) is 0 Å². The second-order valence-corrected chi connectivity index (χ2v) is 8.33. The van der Waals surface area contributed by atoms with Crippen molar-refractivity contribution in [2.75, 3.05) is 13.2 Å². The molecule has 0 atom stereocenters. The van der Waals surface area contributed by atoms with Crippen molar-refractivity contribution in [2.45, 2.75) is 32.2 Å². The number of hydrogen-bond donors (Lipinski definition) is 1. The summed E-state index contributed by atoms with van der Waals surface area (Å²) < 4.78 is 6.84. The molecule has 0 saturated heterocycles. The lowest BCUT2D eigenvalue weighted by atomic mass is 9.82.